The molecule has 0 bridgehead atoms. The minimum absolute atomic E-state index is 0.0636. The van der Waals surface area contributed by atoms with Gasteiger partial charge >= 0.3 is 17.9 Å². The number of carbonyl (C=O) groups excluding carboxylic acids is 3. The zero-order chi connectivity index (χ0) is 44.0. The third kappa shape index (κ3) is 44.5. The molecule has 0 spiro atoms. The van der Waals surface area contributed by atoms with E-state index in [9.17, 15) is 14.4 Å². The van der Waals surface area contributed by atoms with Gasteiger partial charge in [-0.25, -0.2) is 0 Å². The topological polar surface area (TPSA) is 78.9 Å². The molecule has 0 saturated heterocycles. The first-order valence-electron chi connectivity index (χ1n) is 26.8. The van der Waals surface area contributed by atoms with Gasteiger partial charge < -0.3 is 14.2 Å². The summed E-state index contributed by atoms with van der Waals surface area (Å²) in [6.45, 7) is 11.4. The number of hydrogen-bond acceptors (Lipinski definition) is 6. The quantitative estimate of drug-likeness (QED) is 0.0345. The van der Waals surface area contributed by atoms with Gasteiger partial charge in [-0.15, -0.1) is 0 Å². The molecule has 6 nitrogen and oxygen atoms in total. The number of esters is 3. The summed E-state index contributed by atoms with van der Waals surface area (Å²) < 4.78 is 16.8. The van der Waals surface area contributed by atoms with E-state index in [1.807, 2.05) is 0 Å². The largest absolute Gasteiger partial charge is 0.462 e. The monoisotopic (exact) mass is 849 g/mol. The number of carbonyl (C=O) groups is 3. The molecule has 0 aliphatic carbocycles. The SMILES string of the molecule is CCCCCCCCCCCCCCC(=O)OC[C@@H](COC(=O)CCCCCCCCCCC(C)CC)OC(=O)CCCCCCCCCCCCCCCCC(C)CC. The Morgan fingerprint density at radius 1 is 0.333 bits per heavy atom. The normalized spacial score (nSPS) is 12.9. The molecule has 0 radical (unpaired) electrons. The highest BCUT2D eigenvalue weighted by Gasteiger charge is 2.19. The van der Waals surface area contributed by atoms with Crippen LogP contribution in [0.25, 0.3) is 0 Å². The van der Waals surface area contributed by atoms with Gasteiger partial charge in [0, 0.05) is 19.3 Å². The lowest BCUT2D eigenvalue weighted by atomic mass is 9.99. The summed E-state index contributed by atoms with van der Waals surface area (Å²) in [6.07, 6.45) is 47.9. The Kier molecular flexibility index (Phi) is 45.7. The summed E-state index contributed by atoms with van der Waals surface area (Å²) in [5.41, 5.74) is 0. The smallest absolute Gasteiger partial charge is 0.306 e. The first kappa shape index (κ1) is 58.4. The molecule has 0 aliphatic heterocycles. The molecule has 0 aromatic carbocycles. The van der Waals surface area contributed by atoms with Gasteiger partial charge in [-0.1, -0.05) is 259 Å². The van der Waals surface area contributed by atoms with Crippen molar-refractivity contribution in [2.24, 2.45) is 11.8 Å². The molecular weight excluding hydrogens is 745 g/mol. The fourth-order valence-corrected chi connectivity index (χ4v) is 8.10. The lowest BCUT2D eigenvalue weighted by Gasteiger charge is -2.18. The lowest BCUT2D eigenvalue weighted by molar-refractivity contribution is -0.167. The van der Waals surface area contributed by atoms with Crippen molar-refractivity contribution in [3.8, 4) is 0 Å². The van der Waals surface area contributed by atoms with Gasteiger partial charge in [-0.05, 0) is 31.1 Å². The van der Waals surface area contributed by atoms with Crippen LogP contribution in [0.3, 0.4) is 0 Å². The van der Waals surface area contributed by atoms with Gasteiger partial charge in [0.15, 0.2) is 6.10 Å². The third-order valence-electron chi connectivity index (χ3n) is 12.9. The Morgan fingerprint density at radius 3 is 0.867 bits per heavy atom. The highest BCUT2D eigenvalue weighted by molar-refractivity contribution is 5.71. The maximum Gasteiger partial charge on any atom is 0.306 e. The van der Waals surface area contributed by atoms with Crippen molar-refractivity contribution >= 4 is 17.9 Å². The molecule has 0 rings (SSSR count). The zero-order valence-electron chi connectivity index (χ0n) is 41.1. The van der Waals surface area contributed by atoms with E-state index in [2.05, 4.69) is 34.6 Å². The summed E-state index contributed by atoms with van der Waals surface area (Å²) in [5.74, 6) is 0.895. The first-order chi connectivity index (χ1) is 29.3. The van der Waals surface area contributed by atoms with Crippen molar-refractivity contribution in [1.82, 2.24) is 0 Å². The minimum Gasteiger partial charge on any atom is -0.462 e. The van der Waals surface area contributed by atoms with Crippen LogP contribution in [-0.2, 0) is 28.6 Å². The van der Waals surface area contributed by atoms with Gasteiger partial charge in [-0.3, -0.25) is 14.4 Å². The van der Waals surface area contributed by atoms with Crippen molar-refractivity contribution in [2.45, 2.75) is 304 Å². The van der Waals surface area contributed by atoms with Gasteiger partial charge in [0.1, 0.15) is 13.2 Å². The molecule has 60 heavy (non-hydrogen) atoms. The maximum absolute atomic E-state index is 12.8. The average molecular weight is 849 g/mol. The number of unbranched alkanes of at least 4 members (excludes halogenated alkanes) is 31. The van der Waals surface area contributed by atoms with Crippen LogP contribution in [-0.4, -0.2) is 37.2 Å². The van der Waals surface area contributed by atoms with Crippen LogP contribution in [0.15, 0.2) is 0 Å². The van der Waals surface area contributed by atoms with Crippen LogP contribution in [0.5, 0.6) is 0 Å². The molecular formula is C54H104O6. The number of ether oxygens (including phenoxy) is 3. The van der Waals surface area contributed by atoms with Gasteiger partial charge in [0.25, 0.3) is 0 Å². The summed E-state index contributed by atoms with van der Waals surface area (Å²) >= 11 is 0. The molecule has 0 saturated carbocycles. The molecule has 2 unspecified atom stereocenters. The van der Waals surface area contributed by atoms with Crippen LogP contribution >= 0.6 is 0 Å². The van der Waals surface area contributed by atoms with E-state index in [1.54, 1.807) is 0 Å². The summed E-state index contributed by atoms with van der Waals surface area (Å²) in [6, 6.07) is 0. The van der Waals surface area contributed by atoms with E-state index in [-0.39, 0.29) is 31.1 Å². The lowest BCUT2D eigenvalue weighted by Crippen LogP contribution is -2.30. The van der Waals surface area contributed by atoms with Gasteiger partial charge in [0.05, 0.1) is 0 Å². The van der Waals surface area contributed by atoms with Crippen molar-refractivity contribution in [1.29, 1.82) is 0 Å². The Bertz CT molecular complexity index is 920. The van der Waals surface area contributed by atoms with Crippen molar-refractivity contribution in [3.63, 3.8) is 0 Å². The molecule has 0 aromatic rings. The van der Waals surface area contributed by atoms with Crippen molar-refractivity contribution < 1.29 is 28.6 Å². The van der Waals surface area contributed by atoms with Crippen molar-refractivity contribution in [3.05, 3.63) is 0 Å². The predicted molar refractivity (Wildman–Crippen MR) is 256 cm³/mol. The second-order valence-corrected chi connectivity index (χ2v) is 19.0. The van der Waals surface area contributed by atoms with E-state index in [0.29, 0.717) is 19.3 Å². The van der Waals surface area contributed by atoms with Crippen LogP contribution in [0, 0.1) is 11.8 Å². The molecule has 6 heteroatoms. The van der Waals surface area contributed by atoms with Crippen LogP contribution in [0.1, 0.15) is 298 Å². The van der Waals surface area contributed by atoms with Gasteiger partial charge in [-0.2, -0.15) is 0 Å². The van der Waals surface area contributed by atoms with Gasteiger partial charge in [0.2, 0.25) is 0 Å². The third-order valence-corrected chi connectivity index (χ3v) is 12.9. The van der Waals surface area contributed by atoms with E-state index in [1.165, 1.54) is 186 Å². The van der Waals surface area contributed by atoms with E-state index < -0.39 is 6.10 Å². The highest BCUT2D eigenvalue weighted by atomic mass is 16.6. The number of rotatable bonds is 48. The van der Waals surface area contributed by atoms with Crippen LogP contribution in [0.4, 0.5) is 0 Å². The molecule has 0 heterocycles. The van der Waals surface area contributed by atoms with Crippen LogP contribution in [0.2, 0.25) is 0 Å². The maximum atomic E-state index is 12.8. The minimum atomic E-state index is -0.762. The Morgan fingerprint density at radius 2 is 0.583 bits per heavy atom. The Balaban J connectivity index is 4.30. The molecule has 3 atom stereocenters. The second kappa shape index (κ2) is 46.9. The summed E-state index contributed by atoms with van der Waals surface area (Å²) in [4.78, 5) is 38.0. The predicted octanol–water partition coefficient (Wildman–Crippen LogP) is 17.3. The fraction of sp³-hybridized carbons (Fsp3) is 0.944. The number of hydrogen-bond donors (Lipinski definition) is 0. The Hall–Kier alpha value is -1.59. The molecule has 0 aliphatic rings. The molecule has 0 fully saturated rings. The standard InChI is InChI=1S/C54H104O6/c1-6-9-10-11-12-13-14-20-23-29-34-39-44-52(55)58-47-51(48-59-53(56)45-40-35-30-26-25-28-33-38-43-50(5)8-3)60-54(57)46-41-36-31-24-21-18-16-15-17-19-22-27-32-37-42-49(4)7-2/h49-51H,6-48H2,1-5H3/t49?,50?,51-/m0/s1. The van der Waals surface area contributed by atoms with E-state index >= 15 is 0 Å². The summed E-state index contributed by atoms with van der Waals surface area (Å²) in [5, 5.41) is 0. The van der Waals surface area contributed by atoms with E-state index in [4.69, 9.17) is 14.2 Å². The molecule has 0 N–H and O–H groups in total. The fourth-order valence-electron chi connectivity index (χ4n) is 8.10. The zero-order valence-corrected chi connectivity index (χ0v) is 41.1. The average Bonchev–Trinajstić information content (AvgIpc) is 3.25. The summed E-state index contributed by atoms with van der Waals surface area (Å²) in [7, 11) is 0. The van der Waals surface area contributed by atoms with Crippen LogP contribution < -0.4 is 0 Å². The molecule has 0 amide bonds. The Labute approximate surface area is 374 Å². The second-order valence-electron chi connectivity index (χ2n) is 19.0. The van der Waals surface area contributed by atoms with Crippen molar-refractivity contribution in [2.75, 3.05) is 13.2 Å². The molecule has 0 aromatic heterocycles. The van der Waals surface area contributed by atoms with E-state index in [0.717, 1.165) is 69.6 Å². The first-order valence-corrected chi connectivity index (χ1v) is 26.8. The molecule has 356 valence electrons. The highest BCUT2D eigenvalue weighted by Crippen LogP contribution is 2.18.